The zero-order valence-corrected chi connectivity index (χ0v) is 14.9. The van der Waals surface area contributed by atoms with E-state index >= 15 is 0 Å². The summed E-state index contributed by atoms with van der Waals surface area (Å²) in [5, 5.41) is 0. The number of hydrogen-bond acceptors (Lipinski definition) is 5. The van der Waals surface area contributed by atoms with Gasteiger partial charge >= 0.3 is 0 Å². The van der Waals surface area contributed by atoms with Crippen molar-refractivity contribution in [3.05, 3.63) is 64.6 Å². The Morgan fingerprint density at radius 1 is 0.920 bits per heavy atom. The third kappa shape index (κ3) is 6.19. The largest absolute Gasteiger partial charge is 0.496 e. The lowest BCUT2D eigenvalue weighted by molar-refractivity contribution is 0.309. The molecule has 0 saturated carbocycles. The smallest absolute Gasteiger partial charge is 0.203 e. The third-order valence-electron chi connectivity index (χ3n) is 3.45. The van der Waals surface area contributed by atoms with Crippen LogP contribution in [0.1, 0.15) is 16.7 Å². The Bertz CT molecular complexity index is 686. The molecule has 0 N–H and O–H groups in total. The van der Waals surface area contributed by atoms with Crippen molar-refractivity contribution >= 4 is 11.9 Å². The molecular weight excluding hydrogens is 320 g/mol. The van der Waals surface area contributed by atoms with Crippen LogP contribution < -0.4 is 4.74 Å². The van der Waals surface area contributed by atoms with E-state index in [9.17, 15) is 9.59 Å². The highest BCUT2D eigenvalue weighted by atomic mass is 16.5. The minimum absolute atomic E-state index is 0.141. The van der Waals surface area contributed by atoms with Crippen LogP contribution in [0.3, 0.4) is 0 Å². The van der Waals surface area contributed by atoms with Gasteiger partial charge in [0.1, 0.15) is 5.75 Å². The topological polar surface area (TPSA) is 61.8 Å². The van der Waals surface area contributed by atoms with Crippen molar-refractivity contribution in [3.8, 4) is 5.75 Å². The fourth-order valence-corrected chi connectivity index (χ4v) is 2.37. The summed E-state index contributed by atoms with van der Waals surface area (Å²) in [5.74, 6) is 4.47. The Morgan fingerprint density at radius 3 is 1.68 bits per heavy atom. The Kier molecular flexibility index (Phi) is 8.59. The van der Waals surface area contributed by atoms with Gasteiger partial charge in [0, 0.05) is 0 Å². The van der Waals surface area contributed by atoms with Gasteiger partial charge in [0.05, 0.1) is 21.3 Å². The van der Waals surface area contributed by atoms with Crippen molar-refractivity contribution in [1.29, 1.82) is 0 Å². The molecule has 1 aromatic rings. The summed E-state index contributed by atoms with van der Waals surface area (Å²) in [6, 6.07) is 4.05. The summed E-state index contributed by atoms with van der Waals surface area (Å²) in [7, 11) is 4.46. The van der Waals surface area contributed by atoms with E-state index in [4.69, 9.17) is 14.2 Å². The highest BCUT2D eigenvalue weighted by Gasteiger charge is 2.09. The minimum atomic E-state index is 0.141. The second kappa shape index (κ2) is 10.7. The molecule has 0 amide bonds. The van der Waals surface area contributed by atoms with E-state index in [1.807, 2.05) is 31.2 Å². The molecule has 0 aromatic heterocycles. The van der Waals surface area contributed by atoms with Gasteiger partial charge in [-0.3, -0.25) is 0 Å². The normalized spacial score (nSPS) is 10.4. The molecular formula is C20H22O5. The SMILES string of the molecule is COC(=C=O)/C=C/Cc1cc(C)cc(C/C=C/C(=C=O)OC)c1OC. The zero-order valence-electron chi connectivity index (χ0n) is 14.9. The van der Waals surface area contributed by atoms with Gasteiger partial charge in [-0.1, -0.05) is 29.8 Å². The summed E-state index contributed by atoms with van der Waals surface area (Å²) in [5.41, 5.74) is 3.06. The van der Waals surface area contributed by atoms with Crippen molar-refractivity contribution in [1.82, 2.24) is 0 Å². The highest BCUT2D eigenvalue weighted by Crippen LogP contribution is 2.27. The maximum atomic E-state index is 10.6. The van der Waals surface area contributed by atoms with Crippen molar-refractivity contribution in [2.45, 2.75) is 19.8 Å². The first-order valence-electron chi connectivity index (χ1n) is 7.67. The first-order chi connectivity index (χ1) is 12.1. The van der Waals surface area contributed by atoms with Crippen molar-refractivity contribution in [2.75, 3.05) is 21.3 Å². The van der Waals surface area contributed by atoms with Gasteiger partial charge in [-0.05, 0) is 43.0 Å². The Hall–Kier alpha value is -3.00. The number of benzene rings is 1. The molecule has 0 aliphatic heterocycles. The number of methoxy groups -OCH3 is 3. The number of ether oxygens (including phenoxy) is 3. The molecule has 1 rings (SSSR count). The third-order valence-corrected chi connectivity index (χ3v) is 3.45. The highest BCUT2D eigenvalue weighted by molar-refractivity contribution is 5.55. The van der Waals surface area contributed by atoms with E-state index in [0.29, 0.717) is 12.8 Å². The molecule has 0 spiro atoms. The molecule has 132 valence electrons. The number of rotatable bonds is 9. The van der Waals surface area contributed by atoms with Gasteiger partial charge in [0.2, 0.25) is 11.5 Å². The van der Waals surface area contributed by atoms with Crippen LogP contribution in [0.4, 0.5) is 0 Å². The molecule has 5 nitrogen and oxygen atoms in total. The molecule has 0 saturated heterocycles. The molecule has 0 aliphatic carbocycles. The molecule has 0 radical (unpaired) electrons. The van der Waals surface area contributed by atoms with E-state index in [-0.39, 0.29) is 11.5 Å². The number of hydrogen-bond donors (Lipinski definition) is 0. The number of aryl methyl sites for hydroxylation is 1. The summed E-state index contributed by atoms with van der Waals surface area (Å²) >= 11 is 0. The molecule has 5 heteroatoms. The van der Waals surface area contributed by atoms with Gasteiger partial charge in [-0.2, -0.15) is 0 Å². The monoisotopic (exact) mass is 342 g/mol. The van der Waals surface area contributed by atoms with Gasteiger partial charge < -0.3 is 14.2 Å². The van der Waals surface area contributed by atoms with Crippen LogP contribution in [0.15, 0.2) is 48.0 Å². The van der Waals surface area contributed by atoms with Crippen LogP contribution in [0, 0.1) is 6.92 Å². The van der Waals surface area contributed by atoms with Gasteiger partial charge in [-0.25, -0.2) is 9.59 Å². The Balaban J connectivity index is 3.06. The van der Waals surface area contributed by atoms with E-state index in [0.717, 1.165) is 22.4 Å². The van der Waals surface area contributed by atoms with E-state index in [1.54, 1.807) is 31.1 Å². The molecule has 0 aliphatic rings. The molecule has 0 heterocycles. The fraction of sp³-hybridized carbons (Fsp3) is 0.300. The molecule has 0 fully saturated rings. The van der Waals surface area contributed by atoms with Gasteiger partial charge in [0.25, 0.3) is 0 Å². The van der Waals surface area contributed by atoms with Gasteiger partial charge in [0.15, 0.2) is 11.9 Å². The molecule has 0 unspecified atom stereocenters. The van der Waals surface area contributed by atoms with E-state index in [1.165, 1.54) is 14.2 Å². The predicted octanol–water partition coefficient (Wildman–Crippen LogP) is 2.92. The van der Waals surface area contributed by atoms with Crippen molar-refractivity contribution < 1.29 is 23.8 Å². The molecule has 0 bridgehead atoms. The second-order valence-electron chi connectivity index (χ2n) is 5.17. The first-order valence-corrected chi connectivity index (χ1v) is 7.67. The van der Waals surface area contributed by atoms with Crippen molar-refractivity contribution in [3.63, 3.8) is 0 Å². The Morgan fingerprint density at radius 2 is 1.36 bits per heavy atom. The van der Waals surface area contributed by atoms with E-state index < -0.39 is 0 Å². The zero-order chi connectivity index (χ0) is 18.7. The average molecular weight is 342 g/mol. The lowest BCUT2D eigenvalue weighted by Crippen LogP contribution is -1.98. The minimum Gasteiger partial charge on any atom is -0.496 e. The molecule has 0 atom stereocenters. The second-order valence-corrected chi connectivity index (χ2v) is 5.17. The number of allylic oxidation sites excluding steroid dienone is 4. The summed E-state index contributed by atoms with van der Waals surface area (Å²) in [6.45, 7) is 2.00. The van der Waals surface area contributed by atoms with Crippen LogP contribution in [-0.2, 0) is 31.9 Å². The maximum absolute atomic E-state index is 10.6. The van der Waals surface area contributed by atoms with Gasteiger partial charge in [-0.15, -0.1) is 0 Å². The van der Waals surface area contributed by atoms with Crippen LogP contribution in [-0.4, -0.2) is 33.2 Å². The van der Waals surface area contributed by atoms with E-state index in [2.05, 4.69) is 0 Å². The lowest BCUT2D eigenvalue weighted by Gasteiger charge is -2.13. The molecule has 25 heavy (non-hydrogen) atoms. The van der Waals surface area contributed by atoms with Crippen LogP contribution in [0.25, 0.3) is 0 Å². The summed E-state index contributed by atoms with van der Waals surface area (Å²) < 4.78 is 15.3. The molecule has 1 aromatic carbocycles. The van der Waals surface area contributed by atoms with Crippen LogP contribution in [0.2, 0.25) is 0 Å². The Labute approximate surface area is 147 Å². The van der Waals surface area contributed by atoms with Crippen LogP contribution >= 0.6 is 0 Å². The fourth-order valence-electron chi connectivity index (χ4n) is 2.37. The van der Waals surface area contributed by atoms with Crippen molar-refractivity contribution in [2.24, 2.45) is 0 Å². The maximum Gasteiger partial charge on any atom is 0.203 e. The summed E-state index contributed by atoms with van der Waals surface area (Å²) in [4.78, 5) is 21.2. The quantitative estimate of drug-likeness (QED) is 0.392. The summed E-state index contributed by atoms with van der Waals surface area (Å²) in [6.07, 6.45) is 7.95. The predicted molar refractivity (Wildman–Crippen MR) is 95.9 cm³/mol. The average Bonchev–Trinajstić information content (AvgIpc) is 2.62. The van der Waals surface area contributed by atoms with Crippen LogP contribution in [0.5, 0.6) is 5.75 Å². The lowest BCUT2D eigenvalue weighted by atomic mass is 9.99. The first kappa shape index (κ1) is 20.0. The standard InChI is InChI=1S/C20H22O5/c1-15-11-16(7-5-9-18(13-21)23-2)20(25-4)17(12-15)8-6-10-19(14-22)24-3/h5-6,9-12H,7-8H2,1-4H3/b9-5+,10-6+. The number of carbonyl (C=O) groups excluding carboxylic acids is 2.